The molecule has 3 heterocycles. The number of carbonyl (C=O) groups excluding carboxylic acids is 1. The quantitative estimate of drug-likeness (QED) is 0.872. The molecular formula is C14H20N6O. The van der Waals surface area contributed by atoms with E-state index in [2.05, 4.69) is 15.4 Å². The standard InChI is InChI=1S/C14H20N6O/c1-2-20-9-12(7-17-20)13-8-16-11-19(13)10-14(21)18-5-3-15-4-6-18/h7-9,11,15H,2-6,10H2,1H3. The van der Waals surface area contributed by atoms with Crippen molar-refractivity contribution in [3.63, 3.8) is 0 Å². The van der Waals surface area contributed by atoms with Crippen LogP contribution in [0.4, 0.5) is 0 Å². The van der Waals surface area contributed by atoms with Crippen LogP contribution in [0.5, 0.6) is 0 Å². The molecule has 7 nitrogen and oxygen atoms in total. The topological polar surface area (TPSA) is 68.0 Å². The number of hydrogen-bond donors (Lipinski definition) is 1. The molecule has 21 heavy (non-hydrogen) atoms. The summed E-state index contributed by atoms with van der Waals surface area (Å²) < 4.78 is 3.76. The second-order valence-corrected chi connectivity index (χ2v) is 5.12. The number of aromatic nitrogens is 4. The van der Waals surface area contributed by atoms with Crippen molar-refractivity contribution >= 4 is 5.91 Å². The highest BCUT2D eigenvalue weighted by molar-refractivity contribution is 5.77. The van der Waals surface area contributed by atoms with E-state index in [1.807, 2.05) is 33.5 Å². The molecule has 0 aliphatic carbocycles. The van der Waals surface area contributed by atoms with Crippen LogP contribution in [0.1, 0.15) is 6.92 Å². The van der Waals surface area contributed by atoms with Crippen LogP contribution in [-0.2, 0) is 17.9 Å². The van der Waals surface area contributed by atoms with Crippen molar-refractivity contribution in [3.8, 4) is 11.3 Å². The average molecular weight is 288 g/mol. The molecule has 0 radical (unpaired) electrons. The summed E-state index contributed by atoms with van der Waals surface area (Å²) in [6.07, 6.45) is 7.27. The zero-order chi connectivity index (χ0) is 14.7. The number of imidazole rings is 1. The fourth-order valence-electron chi connectivity index (χ4n) is 2.52. The Morgan fingerprint density at radius 3 is 2.86 bits per heavy atom. The zero-order valence-corrected chi connectivity index (χ0v) is 12.2. The second-order valence-electron chi connectivity index (χ2n) is 5.12. The Balaban J connectivity index is 1.74. The summed E-state index contributed by atoms with van der Waals surface area (Å²) in [5.41, 5.74) is 1.92. The van der Waals surface area contributed by atoms with Crippen LogP contribution in [-0.4, -0.2) is 56.3 Å². The Morgan fingerprint density at radius 1 is 1.33 bits per heavy atom. The van der Waals surface area contributed by atoms with Crippen molar-refractivity contribution in [3.05, 3.63) is 24.9 Å². The van der Waals surface area contributed by atoms with Crippen molar-refractivity contribution in [2.75, 3.05) is 26.2 Å². The van der Waals surface area contributed by atoms with Gasteiger partial charge >= 0.3 is 0 Å². The van der Waals surface area contributed by atoms with E-state index in [0.717, 1.165) is 44.0 Å². The van der Waals surface area contributed by atoms with Gasteiger partial charge in [0.1, 0.15) is 6.54 Å². The molecule has 1 fully saturated rings. The Kier molecular flexibility index (Phi) is 4.01. The number of nitrogens with one attached hydrogen (secondary N) is 1. The van der Waals surface area contributed by atoms with Crippen molar-refractivity contribution < 1.29 is 4.79 Å². The zero-order valence-electron chi connectivity index (χ0n) is 12.2. The summed E-state index contributed by atoms with van der Waals surface area (Å²) in [5.74, 6) is 0.138. The minimum Gasteiger partial charge on any atom is -0.339 e. The number of aryl methyl sites for hydroxylation is 1. The first-order chi connectivity index (χ1) is 10.3. The van der Waals surface area contributed by atoms with Crippen molar-refractivity contribution in [1.29, 1.82) is 0 Å². The van der Waals surface area contributed by atoms with Crippen LogP contribution in [0.15, 0.2) is 24.9 Å². The molecule has 0 saturated carbocycles. The molecular weight excluding hydrogens is 268 g/mol. The first-order valence-corrected chi connectivity index (χ1v) is 7.29. The van der Waals surface area contributed by atoms with Crippen molar-refractivity contribution in [2.24, 2.45) is 0 Å². The van der Waals surface area contributed by atoms with Gasteiger partial charge in [-0.05, 0) is 6.92 Å². The number of carbonyl (C=O) groups is 1. The van der Waals surface area contributed by atoms with Gasteiger partial charge < -0.3 is 14.8 Å². The van der Waals surface area contributed by atoms with Crippen molar-refractivity contribution in [1.82, 2.24) is 29.5 Å². The van der Waals surface area contributed by atoms with Gasteiger partial charge in [0, 0.05) is 44.5 Å². The minimum atomic E-state index is 0.138. The molecule has 1 saturated heterocycles. The summed E-state index contributed by atoms with van der Waals surface area (Å²) >= 11 is 0. The molecule has 0 aromatic carbocycles. The molecule has 3 rings (SSSR count). The number of rotatable bonds is 4. The third-order valence-electron chi connectivity index (χ3n) is 3.74. The molecule has 2 aromatic heterocycles. The van der Waals surface area contributed by atoms with Gasteiger partial charge in [-0.3, -0.25) is 9.48 Å². The molecule has 0 spiro atoms. The lowest BCUT2D eigenvalue weighted by molar-refractivity contribution is -0.132. The molecule has 112 valence electrons. The summed E-state index contributed by atoms with van der Waals surface area (Å²) in [6.45, 7) is 6.48. The van der Waals surface area contributed by atoms with E-state index < -0.39 is 0 Å². The predicted octanol–water partition coefficient (Wildman–Crippen LogP) is 0.198. The molecule has 1 N–H and O–H groups in total. The Labute approximate surface area is 123 Å². The van der Waals surface area contributed by atoms with E-state index in [4.69, 9.17) is 0 Å². The maximum atomic E-state index is 12.3. The number of hydrogen-bond acceptors (Lipinski definition) is 4. The fourth-order valence-corrected chi connectivity index (χ4v) is 2.52. The van der Waals surface area contributed by atoms with E-state index in [1.54, 1.807) is 12.5 Å². The smallest absolute Gasteiger partial charge is 0.242 e. The van der Waals surface area contributed by atoms with Crippen molar-refractivity contribution in [2.45, 2.75) is 20.0 Å². The number of nitrogens with zero attached hydrogens (tertiary/aromatic N) is 5. The lowest BCUT2D eigenvalue weighted by Gasteiger charge is -2.27. The van der Waals surface area contributed by atoms with Gasteiger partial charge in [0.15, 0.2) is 0 Å². The molecule has 0 atom stereocenters. The highest BCUT2D eigenvalue weighted by atomic mass is 16.2. The van der Waals surface area contributed by atoms with E-state index in [0.29, 0.717) is 6.54 Å². The lowest BCUT2D eigenvalue weighted by Crippen LogP contribution is -2.47. The van der Waals surface area contributed by atoms with Crippen LogP contribution >= 0.6 is 0 Å². The van der Waals surface area contributed by atoms with Crippen LogP contribution in [0.2, 0.25) is 0 Å². The van der Waals surface area contributed by atoms with Gasteiger partial charge in [0.2, 0.25) is 5.91 Å². The predicted molar refractivity (Wildman–Crippen MR) is 78.6 cm³/mol. The molecule has 0 unspecified atom stereocenters. The number of piperazine rings is 1. The Morgan fingerprint density at radius 2 is 2.14 bits per heavy atom. The van der Waals surface area contributed by atoms with Crippen LogP contribution in [0, 0.1) is 0 Å². The van der Waals surface area contributed by atoms with Gasteiger partial charge in [-0.2, -0.15) is 5.10 Å². The molecule has 2 aromatic rings. The molecule has 7 heteroatoms. The van der Waals surface area contributed by atoms with Crippen LogP contribution in [0.3, 0.4) is 0 Å². The van der Waals surface area contributed by atoms with Crippen LogP contribution in [0.25, 0.3) is 11.3 Å². The Hall–Kier alpha value is -2.15. The molecule has 1 aliphatic rings. The molecule has 1 amide bonds. The largest absolute Gasteiger partial charge is 0.339 e. The minimum absolute atomic E-state index is 0.138. The fraction of sp³-hybridized carbons (Fsp3) is 0.500. The first-order valence-electron chi connectivity index (χ1n) is 7.29. The summed E-state index contributed by atoms with van der Waals surface area (Å²) in [7, 11) is 0. The van der Waals surface area contributed by atoms with Gasteiger partial charge in [-0.15, -0.1) is 0 Å². The molecule has 0 bridgehead atoms. The van der Waals surface area contributed by atoms with E-state index >= 15 is 0 Å². The Bertz CT molecular complexity index is 611. The number of amides is 1. The summed E-state index contributed by atoms with van der Waals surface area (Å²) in [5, 5.41) is 7.52. The normalized spacial score (nSPS) is 15.4. The second kappa shape index (κ2) is 6.09. The van der Waals surface area contributed by atoms with E-state index in [-0.39, 0.29) is 5.91 Å². The van der Waals surface area contributed by atoms with Gasteiger partial charge in [0.25, 0.3) is 0 Å². The van der Waals surface area contributed by atoms with E-state index in [9.17, 15) is 4.79 Å². The molecule has 1 aliphatic heterocycles. The highest BCUT2D eigenvalue weighted by Gasteiger charge is 2.18. The van der Waals surface area contributed by atoms with E-state index in [1.165, 1.54) is 0 Å². The highest BCUT2D eigenvalue weighted by Crippen LogP contribution is 2.18. The maximum absolute atomic E-state index is 12.3. The van der Waals surface area contributed by atoms with Gasteiger partial charge in [-0.1, -0.05) is 0 Å². The maximum Gasteiger partial charge on any atom is 0.242 e. The van der Waals surface area contributed by atoms with Gasteiger partial charge in [0.05, 0.1) is 24.4 Å². The average Bonchev–Trinajstić information content (AvgIpc) is 3.16. The summed E-state index contributed by atoms with van der Waals surface area (Å²) in [4.78, 5) is 18.4. The lowest BCUT2D eigenvalue weighted by atomic mass is 10.2. The van der Waals surface area contributed by atoms with Gasteiger partial charge in [-0.25, -0.2) is 4.98 Å². The third-order valence-corrected chi connectivity index (χ3v) is 3.74. The van der Waals surface area contributed by atoms with Crippen LogP contribution < -0.4 is 5.32 Å². The summed E-state index contributed by atoms with van der Waals surface area (Å²) in [6, 6.07) is 0. The SMILES string of the molecule is CCn1cc(-c2cncn2CC(=O)N2CCNCC2)cn1. The third kappa shape index (κ3) is 2.97. The first kappa shape index (κ1) is 13.8. The monoisotopic (exact) mass is 288 g/mol.